The van der Waals surface area contributed by atoms with Crippen LogP contribution in [0.25, 0.3) is 6.08 Å². The van der Waals surface area contributed by atoms with Gasteiger partial charge < -0.3 is 10.1 Å². The fraction of sp³-hybridized carbons (Fsp3) is 0.158. The van der Waals surface area contributed by atoms with Crippen molar-refractivity contribution in [3.8, 4) is 11.8 Å². The van der Waals surface area contributed by atoms with Crippen LogP contribution in [0.5, 0.6) is 5.75 Å². The lowest BCUT2D eigenvalue weighted by atomic mass is 10.1. The molecule has 0 bridgehead atoms. The van der Waals surface area contributed by atoms with Gasteiger partial charge in [-0.2, -0.15) is 5.26 Å². The van der Waals surface area contributed by atoms with Crippen LogP contribution in [-0.4, -0.2) is 13.0 Å². The number of aryl methyl sites for hydroxylation is 2. The maximum Gasteiger partial charge on any atom is 0.266 e. The number of methoxy groups -OCH3 is 1. The number of hydrogen-bond donors (Lipinski definition) is 1. The molecule has 2 aromatic carbocycles. The molecule has 0 aliphatic rings. The predicted molar refractivity (Wildman–Crippen MR) is 91.1 cm³/mol. The topological polar surface area (TPSA) is 62.1 Å². The number of hydrogen-bond acceptors (Lipinski definition) is 3. The maximum absolute atomic E-state index is 12.2. The molecule has 2 aromatic rings. The summed E-state index contributed by atoms with van der Waals surface area (Å²) < 4.78 is 5.08. The number of nitrogens with zero attached hydrogens (tertiary/aromatic N) is 1. The molecule has 1 N–H and O–H groups in total. The minimum atomic E-state index is -0.424. The molecule has 4 nitrogen and oxygen atoms in total. The van der Waals surface area contributed by atoms with Crippen molar-refractivity contribution in [1.82, 2.24) is 0 Å². The molecule has 0 fully saturated rings. The average molecular weight is 306 g/mol. The van der Waals surface area contributed by atoms with E-state index in [4.69, 9.17) is 4.74 Å². The number of rotatable bonds is 4. The van der Waals surface area contributed by atoms with Gasteiger partial charge in [-0.15, -0.1) is 0 Å². The molecule has 0 aliphatic heterocycles. The third-order valence-electron chi connectivity index (χ3n) is 3.56. The maximum atomic E-state index is 12.2. The Hall–Kier alpha value is -3.06. The van der Waals surface area contributed by atoms with Gasteiger partial charge in [-0.05, 0) is 60.9 Å². The highest BCUT2D eigenvalue weighted by Gasteiger charge is 2.10. The Morgan fingerprint density at radius 2 is 1.83 bits per heavy atom. The second-order valence-corrected chi connectivity index (χ2v) is 5.20. The number of ether oxygens (including phenoxy) is 1. The van der Waals surface area contributed by atoms with E-state index < -0.39 is 5.91 Å². The lowest BCUT2D eigenvalue weighted by Gasteiger charge is -2.07. The van der Waals surface area contributed by atoms with E-state index in [0.717, 1.165) is 22.4 Å². The molecule has 0 saturated heterocycles. The number of carbonyl (C=O) groups is 1. The molecule has 0 heterocycles. The molecule has 0 atom stereocenters. The van der Waals surface area contributed by atoms with Crippen molar-refractivity contribution in [2.24, 2.45) is 0 Å². The molecular formula is C19H18N2O2. The van der Waals surface area contributed by atoms with Gasteiger partial charge in [0.2, 0.25) is 0 Å². The Labute approximate surface area is 136 Å². The summed E-state index contributed by atoms with van der Waals surface area (Å²) in [7, 11) is 1.59. The van der Waals surface area contributed by atoms with Gasteiger partial charge >= 0.3 is 0 Å². The van der Waals surface area contributed by atoms with Crippen molar-refractivity contribution in [3.05, 3.63) is 64.7 Å². The van der Waals surface area contributed by atoms with Gasteiger partial charge in [0.05, 0.1) is 7.11 Å². The van der Waals surface area contributed by atoms with E-state index in [0.29, 0.717) is 5.69 Å². The summed E-state index contributed by atoms with van der Waals surface area (Å²) in [5, 5.41) is 12.0. The fourth-order valence-corrected chi connectivity index (χ4v) is 2.03. The van der Waals surface area contributed by atoms with Crippen LogP contribution in [0, 0.1) is 25.2 Å². The van der Waals surface area contributed by atoms with Gasteiger partial charge in [-0.1, -0.05) is 18.2 Å². The first-order valence-corrected chi connectivity index (χ1v) is 7.18. The Bertz CT molecular complexity index is 784. The van der Waals surface area contributed by atoms with Gasteiger partial charge in [0.25, 0.3) is 5.91 Å². The monoisotopic (exact) mass is 306 g/mol. The number of carbonyl (C=O) groups excluding carboxylic acids is 1. The SMILES string of the molecule is COc1ccc(/C=C(\C#N)C(=O)Nc2ccc(C)c(C)c2)cc1. The van der Waals surface area contributed by atoms with E-state index in [9.17, 15) is 10.1 Å². The normalized spacial score (nSPS) is 10.8. The van der Waals surface area contributed by atoms with Gasteiger partial charge in [-0.25, -0.2) is 0 Å². The zero-order chi connectivity index (χ0) is 16.8. The first-order chi connectivity index (χ1) is 11.0. The average Bonchev–Trinajstić information content (AvgIpc) is 2.56. The number of benzene rings is 2. The number of anilines is 1. The van der Waals surface area contributed by atoms with Crippen molar-refractivity contribution in [2.75, 3.05) is 12.4 Å². The lowest BCUT2D eigenvalue weighted by molar-refractivity contribution is -0.112. The van der Waals surface area contributed by atoms with Crippen LogP contribution in [0.3, 0.4) is 0 Å². The van der Waals surface area contributed by atoms with Crippen LogP contribution in [0.4, 0.5) is 5.69 Å². The molecule has 23 heavy (non-hydrogen) atoms. The summed E-state index contributed by atoms with van der Waals surface area (Å²) in [6.45, 7) is 3.98. The van der Waals surface area contributed by atoms with Crippen LogP contribution < -0.4 is 10.1 Å². The highest BCUT2D eigenvalue weighted by molar-refractivity contribution is 6.09. The molecule has 116 valence electrons. The van der Waals surface area contributed by atoms with Crippen molar-refractivity contribution in [2.45, 2.75) is 13.8 Å². The molecule has 1 amide bonds. The van der Waals surface area contributed by atoms with Crippen LogP contribution in [0.1, 0.15) is 16.7 Å². The van der Waals surface area contributed by atoms with Crippen molar-refractivity contribution in [1.29, 1.82) is 5.26 Å². The second kappa shape index (κ2) is 7.28. The third kappa shape index (κ3) is 4.21. The Morgan fingerprint density at radius 3 is 2.39 bits per heavy atom. The predicted octanol–water partition coefficient (Wildman–Crippen LogP) is 3.86. The van der Waals surface area contributed by atoms with Gasteiger partial charge in [0.15, 0.2) is 0 Å². The minimum Gasteiger partial charge on any atom is -0.497 e. The first kappa shape index (κ1) is 16.3. The molecule has 0 aromatic heterocycles. The molecule has 0 radical (unpaired) electrons. The Kier molecular flexibility index (Phi) is 5.16. The van der Waals surface area contributed by atoms with E-state index in [1.807, 2.05) is 38.1 Å². The fourth-order valence-electron chi connectivity index (χ4n) is 2.03. The molecule has 2 rings (SSSR count). The highest BCUT2D eigenvalue weighted by atomic mass is 16.5. The Morgan fingerprint density at radius 1 is 1.13 bits per heavy atom. The van der Waals surface area contributed by atoms with Crippen molar-refractivity contribution < 1.29 is 9.53 Å². The molecule has 0 unspecified atom stereocenters. The largest absolute Gasteiger partial charge is 0.497 e. The quantitative estimate of drug-likeness (QED) is 0.689. The summed E-state index contributed by atoms with van der Waals surface area (Å²) in [5.74, 6) is 0.298. The summed E-state index contributed by atoms with van der Waals surface area (Å²) in [6.07, 6.45) is 1.55. The van der Waals surface area contributed by atoms with E-state index >= 15 is 0 Å². The third-order valence-corrected chi connectivity index (χ3v) is 3.56. The molecule has 0 saturated carbocycles. The van der Waals surface area contributed by atoms with Gasteiger partial charge in [0.1, 0.15) is 17.4 Å². The molecule has 0 spiro atoms. The summed E-state index contributed by atoms with van der Waals surface area (Å²) in [5.41, 5.74) is 3.72. The lowest BCUT2D eigenvalue weighted by Crippen LogP contribution is -2.13. The van der Waals surface area contributed by atoms with Gasteiger partial charge in [-0.3, -0.25) is 4.79 Å². The molecule has 0 aliphatic carbocycles. The van der Waals surface area contributed by atoms with E-state index in [-0.39, 0.29) is 5.57 Å². The van der Waals surface area contributed by atoms with Crippen molar-refractivity contribution in [3.63, 3.8) is 0 Å². The highest BCUT2D eigenvalue weighted by Crippen LogP contribution is 2.17. The molecular weight excluding hydrogens is 288 g/mol. The number of amides is 1. The van der Waals surface area contributed by atoms with Gasteiger partial charge in [0, 0.05) is 5.69 Å². The van der Waals surface area contributed by atoms with Crippen LogP contribution in [0.15, 0.2) is 48.0 Å². The minimum absolute atomic E-state index is 0.0494. The zero-order valence-electron chi connectivity index (χ0n) is 13.4. The van der Waals surface area contributed by atoms with Crippen LogP contribution in [0.2, 0.25) is 0 Å². The van der Waals surface area contributed by atoms with E-state index in [1.165, 1.54) is 0 Å². The van der Waals surface area contributed by atoms with Crippen LogP contribution in [-0.2, 0) is 4.79 Å². The van der Waals surface area contributed by atoms with E-state index in [2.05, 4.69) is 5.32 Å². The summed E-state index contributed by atoms with van der Waals surface area (Å²) in [6, 6.07) is 14.7. The number of nitriles is 1. The van der Waals surface area contributed by atoms with Crippen molar-refractivity contribution >= 4 is 17.7 Å². The summed E-state index contributed by atoms with van der Waals surface area (Å²) >= 11 is 0. The smallest absolute Gasteiger partial charge is 0.266 e. The number of nitrogens with one attached hydrogen (secondary N) is 1. The van der Waals surface area contributed by atoms with E-state index in [1.54, 1.807) is 37.5 Å². The Balaban J connectivity index is 2.18. The molecule has 4 heteroatoms. The standard InChI is InChI=1S/C19H18N2O2/c1-13-4-7-17(10-14(13)2)21-19(22)16(12-20)11-15-5-8-18(23-3)9-6-15/h4-11H,1-3H3,(H,21,22)/b16-11+. The first-order valence-electron chi connectivity index (χ1n) is 7.18. The second-order valence-electron chi connectivity index (χ2n) is 5.20. The van der Waals surface area contributed by atoms with Crippen LogP contribution >= 0.6 is 0 Å². The zero-order valence-corrected chi connectivity index (χ0v) is 13.4. The summed E-state index contributed by atoms with van der Waals surface area (Å²) in [4.78, 5) is 12.2.